The molecule has 2 aromatic rings. The van der Waals surface area contributed by atoms with Crippen LogP contribution in [0.1, 0.15) is 24.2 Å². The minimum atomic E-state index is -0.282. The zero-order valence-electron chi connectivity index (χ0n) is 16.7. The number of aromatic nitrogens is 3. The fourth-order valence-corrected chi connectivity index (χ4v) is 3.48. The van der Waals surface area contributed by atoms with Crippen molar-refractivity contribution >= 4 is 23.6 Å². The van der Waals surface area contributed by atoms with E-state index in [1.807, 2.05) is 31.2 Å². The number of amides is 2. The Morgan fingerprint density at radius 2 is 1.66 bits per heavy atom. The summed E-state index contributed by atoms with van der Waals surface area (Å²) in [6.45, 7) is 6.93. The molecule has 1 aromatic heterocycles. The van der Waals surface area contributed by atoms with Crippen molar-refractivity contribution < 1.29 is 9.53 Å². The molecule has 2 amide bonds. The molecular formula is C20H27N7O2. The SMILES string of the molecule is Cc1ccccc1NC(=O)NCc1nc(N2CCCC2)nc(N2CCOCC2)n1. The number of aryl methyl sites for hydroxylation is 1. The largest absolute Gasteiger partial charge is 0.378 e. The number of benzene rings is 1. The van der Waals surface area contributed by atoms with E-state index in [4.69, 9.17) is 9.72 Å². The lowest BCUT2D eigenvalue weighted by Crippen LogP contribution is -2.38. The summed E-state index contributed by atoms with van der Waals surface area (Å²) in [5.41, 5.74) is 1.79. The molecule has 2 aliphatic heterocycles. The van der Waals surface area contributed by atoms with Gasteiger partial charge in [-0.3, -0.25) is 0 Å². The van der Waals surface area contributed by atoms with Crippen LogP contribution in [0.5, 0.6) is 0 Å². The fourth-order valence-electron chi connectivity index (χ4n) is 3.48. The Labute approximate surface area is 170 Å². The lowest BCUT2D eigenvalue weighted by molar-refractivity contribution is 0.122. The second-order valence-corrected chi connectivity index (χ2v) is 7.27. The van der Waals surface area contributed by atoms with Crippen molar-refractivity contribution in [1.82, 2.24) is 20.3 Å². The van der Waals surface area contributed by atoms with Crippen LogP contribution in [0.2, 0.25) is 0 Å². The highest BCUT2D eigenvalue weighted by molar-refractivity contribution is 5.89. The molecule has 0 aliphatic carbocycles. The molecule has 2 N–H and O–H groups in total. The smallest absolute Gasteiger partial charge is 0.319 e. The molecule has 154 valence electrons. The van der Waals surface area contributed by atoms with E-state index in [2.05, 4.69) is 30.4 Å². The monoisotopic (exact) mass is 397 g/mol. The van der Waals surface area contributed by atoms with Gasteiger partial charge in [0.25, 0.3) is 0 Å². The highest BCUT2D eigenvalue weighted by Gasteiger charge is 2.21. The third kappa shape index (κ3) is 4.92. The number of rotatable bonds is 5. The Bertz CT molecular complexity index is 848. The van der Waals surface area contributed by atoms with Crippen LogP contribution >= 0.6 is 0 Å². The van der Waals surface area contributed by atoms with E-state index in [-0.39, 0.29) is 12.6 Å². The third-order valence-electron chi connectivity index (χ3n) is 5.14. The Balaban J connectivity index is 1.47. The van der Waals surface area contributed by atoms with E-state index in [0.717, 1.165) is 50.3 Å². The Morgan fingerprint density at radius 3 is 2.34 bits per heavy atom. The van der Waals surface area contributed by atoms with Gasteiger partial charge in [-0.2, -0.15) is 15.0 Å². The Morgan fingerprint density at radius 1 is 1.00 bits per heavy atom. The number of nitrogens with zero attached hydrogens (tertiary/aromatic N) is 5. The van der Waals surface area contributed by atoms with Gasteiger partial charge in [0.2, 0.25) is 11.9 Å². The van der Waals surface area contributed by atoms with Crippen LogP contribution in [0.4, 0.5) is 22.4 Å². The maximum absolute atomic E-state index is 12.3. The minimum absolute atomic E-state index is 0.235. The molecule has 0 spiro atoms. The van der Waals surface area contributed by atoms with Crippen LogP contribution in [0, 0.1) is 6.92 Å². The van der Waals surface area contributed by atoms with Gasteiger partial charge in [0.05, 0.1) is 19.8 Å². The van der Waals surface area contributed by atoms with Gasteiger partial charge >= 0.3 is 6.03 Å². The van der Waals surface area contributed by atoms with E-state index < -0.39 is 0 Å². The lowest BCUT2D eigenvalue weighted by atomic mass is 10.2. The molecule has 1 aromatic carbocycles. The number of hydrogen-bond acceptors (Lipinski definition) is 7. The molecule has 3 heterocycles. The second-order valence-electron chi connectivity index (χ2n) is 7.27. The van der Waals surface area contributed by atoms with Crippen LogP contribution in [0.25, 0.3) is 0 Å². The fraction of sp³-hybridized carbons (Fsp3) is 0.500. The number of morpholine rings is 1. The summed E-state index contributed by atoms with van der Waals surface area (Å²) in [7, 11) is 0. The standard InChI is InChI=1S/C20H27N7O2/c1-15-6-2-3-7-16(15)22-20(28)21-14-17-23-18(26-8-4-5-9-26)25-19(24-17)27-10-12-29-13-11-27/h2-3,6-7H,4-5,8-14H2,1H3,(H2,21,22,28). The maximum Gasteiger partial charge on any atom is 0.319 e. The summed E-state index contributed by atoms with van der Waals surface area (Å²) >= 11 is 0. The van der Waals surface area contributed by atoms with Crippen molar-refractivity contribution in [3.05, 3.63) is 35.7 Å². The zero-order valence-corrected chi connectivity index (χ0v) is 16.7. The van der Waals surface area contributed by atoms with E-state index in [1.54, 1.807) is 0 Å². The van der Waals surface area contributed by atoms with Crippen molar-refractivity contribution in [3.63, 3.8) is 0 Å². The summed E-state index contributed by atoms with van der Waals surface area (Å²) in [6.07, 6.45) is 2.29. The first-order valence-corrected chi connectivity index (χ1v) is 10.1. The molecule has 2 fully saturated rings. The van der Waals surface area contributed by atoms with Gasteiger partial charge in [-0.05, 0) is 31.4 Å². The van der Waals surface area contributed by atoms with Gasteiger partial charge in [0.15, 0.2) is 5.82 Å². The summed E-state index contributed by atoms with van der Waals surface area (Å²) in [5, 5.41) is 5.73. The predicted molar refractivity (Wildman–Crippen MR) is 111 cm³/mol. The summed E-state index contributed by atoms with van der Waals surface area (Å²) in [6, 6.07) is 7.38. The van der Waals surface area contributed by atoms with Crippen molar-refractivity contribution in [2.45, 2.75) is 26.3 Å². The summed E-state index contributed by atoms with van der Waals surface area (Å²) < 4.78 is 5.44. The number of hydrogen-bond donors (Lipinski definition) is 2. The third-order valence-corrected chi connectivity index (χ3v) is 5.14. The number of anilines is 3. The normalized spacial score (nSPS) is 16.7. The zero-order chi connectivity index (χ0) is 20.1. The van der Waals surface area contributed by atoms with Crippen molar-refractivity contribution in [1.29, 1.82) is 0 Å². The first-order valence-electron chi connectivity index (χ1n) is 10.1. The van der Waals surface area contributed by atoms with Crippen molar-refractivity contribution in [2.75, 3.05) is 54.5 Å². The summed E-state index contributed by atoms with van der Waals surface area (Å²) in [4.78, 5) is 30.5. The molecule has 0 radical (unpaired) electrons. The average molecular weight is 397 g/mol. The van der Waals surface area contributed by atoms with Gasteiger partial charge in [-0.25, -0.2) is 4.79 Å². The number of ether oxygens (including phenoxy) is 1. The van der Waals surface area contributed by atoms with Crippen molar-refractivity contribution in [2.24, 2.45) is 0 Å². The van der Waals surface area contributed by atoms with E-state index in [0.29, 0.717) is 30.9 Å². The minimum Gasteiger partial charge on any atom is -0.378 e. The first kappa shape index (κ1) is 19.4. The molecular weight excluding hydrogens is 370 g/mol. The molecule has 9 heteroatoms. The van der Waals surface area contributed by atoms with Gasteiger partial charge in [-0.1, -0.05) is 18.2 Å². The molecule has 0 saturated carbocycles. The van der Waals surface area contributed by atoms with Crippen LogP contribution in [-0.4, -0.2) is 60.4 Å². The van der Waals surface area contributed by atoms with Crippen LogP contribution in [0.3, 0.4) is 0 Å². The quantitative estimate of drug-likeness (QED) is 0.796. The van der Waals surface area contributed by atoms with Crippen molar-refractivity contribution in [3.8, 4) is 0 Å². The van der Waals surface area contributed by atoms with Gasteiger partial charge < -0.3 is 25.2 Å². The highest BCUT2D eigenvalue weighted by Crippen LogP contribution is 2.19. The van der Waals surface area contributed by atoms with Gasteiger partial charge in [0, 0.05) is 31.9 Å². The first-order chi connectivity index (χ1) is 14.2. The topological polar surface area (TPSA) is 95.5 Å². The van der Waals surface area contributed by atoms with E-state index >= 15 is 0 Å². The molecule has 0 unspecified atom stereocenters. The summed E-state index contributed by atoms with van der Waals surface area (Å²) in [5.74, 6) is 1.90. The van der Waals surface area contributed by atoms with Crippen LogP contribution in [-0.2, 0) is 11.3 Å². The maximum atomic E-state index is 12.3. The Kier molecular flexibility index (Phi) is 6.04. The number of carbonyl (C=O) groups excluding carboxylic acids is 1. The molecule has 0 bridgehead atoms. The molecule has 9 nitrogen and oxygen atoms in total. The number of para-hydroxylation sites is 1. The molecule has 0 atom stereocenters. The molecule has 2 saturated heterocycles. The number of carbonyl (C=O) groups is 1. The van der Waals surface area contributed by atoms with Crippen LogP contribution in [0.15, 0.2) is 24.3 Å². The van der Waals surface area contributed by atoms with E-state index in [1.165, 1.54) is 0 Å². The molecule has 2 aliphatic rings. The molecule has 29 heavy (non-hydrogen) atoms. The van der Waals surface area contributed by atoms with Gasteiger partial charge in [-0.15, -0.1) is 0 Å². The molecule has 4 rings (SSSR count). The lowest BCUT2D eigenvalue weighted by Gasteiger charge is -2.28. The second kappa shape index (κ2) is 9.04. The number of urea groups is 1. The van der Waals surface area contributed by atoms with Gasteiger partial charge in [0.1, 0.15) is 0 Å². The Hall–Kier alpha value is -2.94. The number of nitrogens with one attached hydrogen (secondary N) is 2. The average Bonchev–Trinajstić information content (AvgIpc) is 3.29. The highest BCUT2D eigenvalue weighted by atomic mass is 16.5. The predicted octanol–water partition coefficient (Wildman–Crippen LogP) is 1.94. The van der Waals surface area contributed by atoms with E-state index in [9.17, 15) is 4.79 Å². The van der Waals surface area contributed by atoms with Crippen LogP contribution < -0.4 is 20.4 Å².